The van der Waals surface area contributed by atoms with Crippen LogP contribution in [0.1, 0.15) is 31.7 Å². The van der Waals surface area contributed by atoms with Gasteiger partial charge in [0.05, 0.1) is 16.7 Å². The van der Waals surface area contributed by atoms with Crippen molar-refractivity contribution in [2.75, 3.05) is 7.05 Å². The molecule has 2 aromatic carbocycles. The van der Waals surface area contributed by atoms with Crippen LogP contribution in [0, 0.1) is 11.6 Å². The molecule has 0 aliphatic rings. The Kier molecular flexibility index (Phi) is 7.60. The van der Waals surface area contributed by atoms with E-state index in [0.717, 1.165) is 17.7 Å². The van der Waals surface area contributed by atoms with Crippen molar-refractivity contribution in [1.82, 2.24) is 14.6 Å². The molecule has 1 heterocycles. The third-order valence-electron chi connectivity index (χ3n) is 5.13. The second-order valence-electron chi connectivity index (χ2n) is 7.78. The van der Waals surface area contributed by atoms with E-state index in [2.05, 4.69) is 10.3 Å². The first kappa shape index (κ1) is 24.5. The molecule has 33 heavy (non-hydrogen) atoms. The Morgan fingerprint density at radius 3 is 2.48 bits per heavy atom. The summed E-state index contributed by atoms with van der Waals surface area (Å²) in [6.45, 7) is 3.82. The van der Waals surface area contributed by atoms with Gasteiger partial charge in [-0.2, -0.15) is 4.31 Å². The second kappa shape index (κ2) is 10.2. The van der Waals surface area contributed by atoms with E-state index in [-0.39, 0.29) is 53.4 Å². The monoisotopic (exact) mass is 477 g/mol. The maximum Gasteiger partial charge on any atom is 0.243 e. The Hall–Kier alpha value is -3.11. The van der Waals surface area contributed by atoms with E-state index in [0.29, 0.717) is 0 Å². The molecule has 0 aliphatic carbocycles. The summed E-state index contributed by atoms with van der Waals surface area (Å²) in [6.07, 6.45) is 1.63. The van der Waals surface area contributed by atoms with Crippen molar-refractivity contribution in [3.05, 3.63) is 71.8 Å². The van der Waals surface area contributed by atoms with Crippen molar-refractivity contribution in [3.63, 3.8) is 0 Å². The van der Waals surface area contributed by atoms with Gasteiger partial charge in [-0.3, -0.25) is 4.79 Å². The standard InChI is InChI=1S/C23H25F2N3O4S/c1-15(2)28(3)33(30,31)18-7-4-16(5-8-18)13-26-22(29)10-11-23-27-14-21(32-23)19-9-6-17(24)12-20(19)25/h4-9,12,14-15H,10-11,13H2,1-3H3,(H,26,29). The second-order valence-corrected chi connectivity index (χ2v) is 9.78. The maximum atomic E-state index is 13.9. The van der Waals surface area contributed by atoms with Crippen LogP contribution in [0.5, 0.6) is 0 Å². The molecule has 10 heteroatoms. The van der Waals surface area contributed by atoms with Gasteiger partial charge in [0.25, 0.3) is 0 Å². The number of hydrogen-bond donors (Lipinski definition) is 1. The largest absolute Gasteiger partial charge is 0.441 e. The van der Waals surface area contributed by atoms with Crippen LogP contribution in [0.2, 0.25) is 0 Å². The zero-order valence-corrected chi connectivity index (χ0v) is 19.3. The Morgan fingerprint density at radius 2 is 1.85 bits per heavy atom. The average molecular weight is 478 g/mol. The van der Waals surface area contributed by atoms with E-state index in [1.807, 2.05) is 0 Å². The lowest BCUT2D eigenvalue weighted by molar-refractivity contribution is -0.121. The van der Waals surface area contributed by atoms with Gasteiger partial charge in [0.15, 0.2) is 11.7 Å². The minimum Gasteiger partial charge on any atom is -0.441 e. The summed E-state index contributed by atoms with van der Waals surface area (Å²) >= 11 is 0. The van der Waals surface area contributed by atoms with Crippen LogP contribution in [0.3, 0.4) is 0 Å². The van der Waals surface area contributed by atoms with E-state index in [9.17, 15) is 22.0 Å². The zero-order valence-electron chi connectivity index (χ0n) is 18.5. The molecular weight excluding hydrogens is 452 g/mol. The van der Waals surface area contributed by atoms with Gasteiger partial charge in [-0.05, 0) is 43.7 Å². The van der Waals surface area contributed by atoms with Gasteiger partial charge < -0.3 is 9.73 Å². The van der Waals surface area contributed by atoms with Crippen LogP contribution in [-0.4, -0.2) is 36.7 Å². The van der Waals surface area contributed by atoms with Gasteiger partial charge in [0.2, 0.25) is 15.9 Å². The predicted octanol–water partition coefficient (Wildman–Crippen LogP) is 3.90. The maximum absolute atomic E-state index is 13.9. The fourth-order valence-electron chi connectivity index (χ4n) is 2.97. The van der Waals surface area contributed by atoms with Gasteiger partial charge in [-0.1, -0.05) is 12.1 Å². The van der Waals surface area contributed by atoms with Gasteiger partial charge in [0.1, 0.15) is 11.6 Å². The van der Waals surface area contributed by atoms with Crippen LogP contribution in [0.15, 0.2) is 58.0 Å². The summed E-state index contributed by atoms with van der Waals surface area (Å²) in [5.41, 5.74) is 0.837. The molecule has 0 fully saturated rings. The van der Waals surface area contributed by atoms with Gasteiger partial charge in [-0.15, -0.1) is 0 Å². The number of aryl methyl sites for hydroxylation is 1. The average Bonchev–Trinajstić information content (AvgIpc) is 3.24. The molecule has 176 valence electrons. The molecule has 0 saturated heterocycles. The van der Waals surface area contributed by atoms with E-state index in [1.165, 1.54) is 35.7 Å². The van der Waals surface area contributed by atoms with Crippen molar-refractivity contribution in [1.29, 1.82) is 0 Å². The molecule has 3 rings (SSSR count). The van der Waals surface area contributed by atoms with E-state index >= 15 is 0 Å². The molecule has 1 amide bonds. The number of sulfonamides is 1. The van der Waals surface area contributed by atoms with Crippen molar-refractivity contribution < 1.29 is 26.4 Å². The van der Waals surface area contributed by atoms with Crippen molar-refractivity contribution in [2.24, 2.45) is 0 Å². The Balaban J connectivity index is 1.52. The van der Waals surface area contributed by atoms with Crippen LogP contribution >= 0.6 is 0 Å². The van der Waals surface area contributed by atoms with Crippen molar-refractivity contribution in [3.8, 4) is 11.3 Å². The Morgan fingerprint density at radius 1 is 1.15 bits per heavy atom. The van der Waals surface area contributed by atoms with Gasteiger partial charge in [-0.25, -0.2) is 22.2 Å². The van der Waals surface area contributed by atoms with Crippen LogP contribution in [-0.2, 0) is 27.8 Å². The molecule has 7 nitrogen and oxygen atoms in total. The lowest BCUT2D eigenvalue weighted by Crippen LogP contribution is -2.33. The minimum absolute atomic E-state index is 0.0876. The SMILES string of the molecule is CC(C)N(C)S(=O)(=O)c1ccc(CNC(=O)CCc2ncc(-c3ccc(F)cc3F)o2)cc1. The minimum atomic E-state index is -3.56. The molecule has 0 bridgehead atoms. The summed E-state index contributed by atoms with van der Waals surface area (Å²) in [7, 11) is -2.03. The number of nitrogens with one attached hydrogen (secondary N) is 1. The first-order valence-corrected chi connectivity index (χ1v) is 11.8. The predicted molar refractivity (Wildman–Crippen MR) is 119 cm³/mol. The zero-order chi connectivity index (χ0) is 24.2. The normalized spacial score (nSPS) is 11.8. The summed E-state index contributed by atoms with van der Waals surface area (Å²) < 4.78 is 58.7. The molecular formula is C23H25F2N3O4S. The lowest BCUT2D eigenvalue weighted by Gasteiger charge is -2.21. The highest BCUT2D eigenvalue weighted by atomic mass is 32.2. The molecule has 3 aromatic rings. The highest BCUT2D eigenvalue weighted by Gasteiger charge is 2.22. The number of oxazole rings is 1. The third kappa shape index (κ3) is 6.02. The third-order valence-corrected chi connectivity index (χ3v) is 7.18. The summed E-state index contributed by atoms with van der Waals surface area (Å²) in [4.78, 5) is 16.4. The van der Waals surface area contributed by atoms with Crippen LogP contribution in [0.25, 0.3) is 11.3 Å². The molecule has 1 N–H and O–H groups in total. The van der Waals surface area contributed by atoms with E-state index in [4.69, 9.17) is 4.42 Å². The number of amides is 1. The van der Waals surface area contributed by atoms with Crippen molar-refractivity contribution in [2.45, 2.75) is 44.2 Å². The molecule has 0 spiro atoms. The fourth-order valence-corrected chi connectivity index (χ4v) is 4.34. The Labute approximate surface area is 191 Å². The number of benzene rings is 2. The lowest BCUT2D eigenvalue weighted by atomic mass is 10.2. The fraction of sp³-hybridized carbons (Fsp3) is 0.304. The first-order valence-electron chi connectivity index (χ1n) is 10.3. The molecule has 1 aromatic heterocycles. The molecule has 0 atom stereocenters. The highest BCUT2D eigenvalue weighted by Crippen LogP contribution is 2.24. The molecule has 0 radical (unpaired) electrons. The van der Waals surface area contributed by atoms with Crippen LogP contribution < -0.4 is 5.32 Å². The van der Waals surface area contributed by atoms with Gasteiger partial charge in [0, 0.05) is 38.5 Å². The number of aromatic nitrogens is 1. The number of nitrogens with zero attached hydrogens (tertiary/aromatic N) is 2. The van der Waals surface area contributed by atoms with Gasteiger partial charge >= 0.3 is 0 Å². The summed E-state index contributed by atoms with van der Waals surface area (Å²) in [5, 5.41) is 2.75. The first-order chi connectivity index (χ1) is 15.6. The number of carbonyl (C=O) groups is 1. The molecule has 0 unspecified atom stereocenters. The van der Waals surface area contributed by atoms with E-state index in [1.54, 1.807) is 26.0 Å². The Bertz CT molecular complexity index is 1220. The quantitative estimate of drug-likeness (QED) is 0.505. The summed E-state index contributed by atoms with van der Waals surface area (Å²) in [6, 6.07) is 9.31. The smallest absolute Gasteiger partial charge is 0.243 e. The van der Waals surface area contributed by atoms with Crippen molar-refractivity contribution >= 4 is 15.9 Å². The number of carbonyl (C=O) groups excluding carboxylic acids is 1. The number of halogens is 2. The number of rotatable bonds is 9. The molecule has 0 saturated carbocycles. The van der Waals surface area contributed by atoms with E-state index < -0.39 is 21.7 Å². The summed E-state index contributed by atoms with van der Waals surface area (Å²) in [5.74, 6) is -1.29. The molecule has 0 aliphatic heterocycles. The van der Waals surface area contributed by atoms with Crippen LogP contribution in [0.4, 0.5) is 8.78 Å². The topological polar surface area (TPSA) is 92.5 Å². The highest BCUT2D eigenvalue weighted by molar-refractivity contribution is 7.89. The number of hydrogen-bond acceptors (Lipinski definition) is 5.